The molecule has 2 aromatic carbocycles. The zero-order valence-electron chi connectivity index (χ0n) is 18.0. The largest absolute Gasteiger partial charge is 0.507 e. The van der Waals surface area contributed by atoms with Gasteiger partial charge < -0.3 is 10.0 Å². The van der Waals surface area contributed by atoms with Gasteiger partial charge in [0, 0.05) is 19.8 Å². The van der Waals surface area contributed by atoms with Gasteiger partial charge in [-0.15, -0.1) is 0 Å². The molecule has 4 aromatic rings. The molecule has 0 saturated heterocycles. The Morgan fingerprint density at radius 2 is 1.73 bits per heavy atom. The number of phenolic OH excluding ortho intramolecular Hbond substituents is 1. The molecule has 2 heterocycles. The first kappa shape index (κ1) is 22.0. The fraction of sp³-hybridized carbons (Fsp3) is 0.0833. The Bertz CT molecular complexity index is 1360. The number of hydrogen-bond acceptors (Lipinski definition) is 6. The van der Waals surface area contributed by atoms with Crippen LogP contribution in [0.5, 0.6) is 5.75 Å². The summed E-state index contributed by atoms with van der Waals surface area (Å²) < 4.78 is 1.78. The van der Waals surface area contributed by atoms with Crippen LogP contribution in [0, 0.1) is 0 Å². The lowest BCUT2D eigenvalue weighted by atomic mass is 10.1. The highest BCUT2D eigenvalue weighted by Crippen LogP contribution is 2.21. The fourth-order valence-corrected chi connectivity index (χ4v) is 3.91. The van der Waals surface area contributed by atoms with Gasteiger partial charge in [0.25, 0.3) is 5.91 Å². The van der Waals surface area contributed by atoms with Crippen LogP contribution in [0.3, 0.4) is 0 Å². The van der Waals surface area contributed by atoms with Crippen molar-refractivity contribution < 1.29 is 14.5 Å². The predicted octanol–water partition coefficient (Wildman–Crippen LogP) is 2.92. The number of hydrogen-bond donors (Lipinski definition) is 3. The number of benzene rings is 2. The van der Waals surface area contributed by atoms with Crippen molar-refractivity contribution in [2.24, 2.45) is 5.10 Å². The maximum atomic E-state index is 12.2. The number of amides is 1. The summed E-state index contributed by atoms with van der Waals surface area (Å²) in [7, 11) is 4.00. The van der Waals surface area contributed by atoms with E-state index in [0.717, 1.165) is 28.2 Å². The van der Waals surface area contributed by atoms with E-state index in [1.165, 1.54) is 18.3 Å². The minimum absolute atomic E-state index is 0.112. The van der Waals surface area contributed by atoms with E-state index < -0.39 is 5.91 Å². The van der Waals surface area contributed by atoms with Crippen molar-refractivity contribution in [3.05, 3.63) is 93.2 Å². The second kappa shape index (κ2) is 9.49. The van der Waals surface area contributed by atoms with Gasteiger partial charge in [-0.2, -0.15) is 10.1 Å². The van der Waals surface area contributed by atoms with Gasteiger partial charge in [-0.1, -0.05) is 24.3 Å². The van der Waals surface area contributed by atoms with Gasteiger partial charge >= 0.3 is 10.7 Å². The van der Waals surface area contributed by atoms with Crippen LogP contribution in [0.2, 0.25) is 0 Å². The Morgan fingerprint density at radius 1 is 1.06 bits per heavy atom. The second-order valence-electron chi connectivity index (χ2n) is 7.38. The zero-order valence-corrected chi connectivity index (χ0v) is 18.8. The van der Waals surface area contributed by atoms with Crippen molar-refractivity contribution in [3.63, 3.8) is 0 Å². The summed E-state index contributed by atoms with van der Waals surface area (Å²) in [6, 6.07) is 18.3. The lowest BCUT2D eigenvalue weighted by molar-refractivity contribution is -0.599. The van der Waals surface area contributed by atoms with Crippen LogP contribution in [-0.2, 0) is 0 Å². The molecule has 0 spiro atoms. The van der Waals surface area contributed by atoms with Gasteiger partial charge in [-0.05, 0) is 58.9 Å². The molecule has 0 radical (unpaired) electrons. The molecular formula is C24H22N5O3S+. The molecule has 0 aliphatic rings. The SMILES string of the molecule is CN(C)c1ccc(-c2cc[n+](-c3[nH]c(=O)sc3/C=N/NC(=O)c3ccccc3O)cc2)cc1. The van der Waals surface area contributed by atoms with E-state index >= 15 is 0 Å². The summed E-state index contributed by atoms with van der Waals surface area (Å²) in [6.07, 6.45) is 5.10. The Kier molecular flexibility index (Phi) is 6.32. The van der Waals surface area contributed by atoms with Crippen LogP contribution in [0.15, 0.2) is 83.0 Å². The number of pyridine rings is 1. The summed E-state index contributed by atoms with van der Waals surface area (Å²) >= 11 is 0.978. The second-order valence-corrected chi connectivity index (χ2v) is 8.39. The van der Waals surface area contributed by atoms with Gasteiger partial charge in [0.05, 0.1) is 24.2 Å². The van der Waals surface area contributed by atoms with Crippen LogP contribution < -0.4 is 19.8 Å². The molecule has 0 bridgehead atoms. The van der Waals surface area contributed by atoms with E-state index in [9.17, 15) is 14.7 Å². The van der Waals surface area contributed by atoms with Crippen LogP contribution in [0.25, 0.3) is 16.9 Å². The highest BCUT2D eigenvalue weighted by atomic mass is 32.1. The van der Waals surface area contributed by atoms with Gasteiger partial charge in [-0.25, -0.2) is 14.8 Å². The molecule has 3 N–H and O–H groups in total. The van der Waals surface area contributed by atoms with Crippen LogP contribution >= 0.6 is 11.3 Å². The summed E-state index contributed by atoms with van der Waals surface area (Å²) in [4.78, 5) is 29.3. The third kappa shape index (κ3) is 4.99. The van der Waals surface area contributed by atoms with Gasteiger partial charge in [0.2, 0.25) is 0 Å². The minimum Gasteiger partial charge on any atom is -0.507 e. The molecular weight excluding hydrogens is 438 g/mol. The van der Waals surface area contributed by atoms with Gasteiger partial charge in [-0.3, -0.25) is 4.79 Å². The van der Waals surface area contributed by atoms with Crippen molar-refractivity contribution in [1.82, 2.24) is 10.4 Å². The van der Waals surface area contributed by atoms with E-state index in [2.05, 4.69) is 39.8 Å². The smallest absolute Gasteiger partial charge is 0.390 e. The Balaban J connectivity index is 1.52. The molecule has 9 heteroatoms. The molecule has 0 unspecified atom stereocenters. The molecule has 0 aliphatic carbocycles. The zero-order chi connectivity index (χ0) is 23.4. The number of nitrogens with zero attached hydrogens (tertiary/aromatic N) is 3. The average molecular weight is 461 g/mol. The number of anilines is 1. The van der Waals surface area contributed by atoms with E-state index in [-0.39, 0.29) is 16.2 Å². The summed E-state index contributed by atoms with van der Waals surface area (Å²) in [5, 5.41) is 13.7. The number of aromatic amines is 1. The van der Waals surface area contributed by atoms with Crippen molar-refractivity contribution >= 4 is 29.1 Å². The first-order chi connectivity index (χ1) is 15.9. The van der Waals surface area contributed by atoms with Crippen molar-refractivity contribution in [2.45, 2.75) is 0 Å². The monoisotopic (exact) mass is 460 g/mol. The summed E-state index contributed by atoms with van der Waals surface area (Å²) in [5.74, 6) is -0.143. The van der Waals surface area contributed by atoms with Crippen LogP contribution in [0.1, 0.15) is 15.2 Å². The average Bonchev–Trinajstić information content (AvgIpc) is 3.19. The molecule has 8 nitrogen and oxygen atoms in total. The normalized spacial score (nSPS) is 11.0. The number of carbonyl (C=O) groups is 1. The molecule has 4 rings (SSSR count). The quantitative estimate of drug-likeness (QED) is 0.234. The number of carbonyl (C=O) groups excluding carboxylic acids is 1. The number of aromatic nitrogens is 2. The number of rotatable bonds is 6. The highest BCUT2D eigenvalue weighted by Gasteiger charge is 2.17. The number of aromatic hydroxyl groups is 1. The van der Waals surface area contributed by atoms with E-state index in [4.69, 9.17) is 0 Å². The molecule has 166 valence electrons. The lowest BCUT2D eigenvalue weighted by Crippen LogP contribution is -2.31. The molecule has 33 heavy (non-hydrogen) atoms. The number of phenols is 1. The number of thiazole rings is 1. The Hall–Kier alpha value is -4.24. The fourth-order valence-electron chi connectivity index (χ4n) is 3.21. The Labute approximate surface area is 194 Å². The number of hydrazone groups is 1. The third-order valence-corrected chi connectivity index (χ3v) is 5.76. The molecule has 0 aliphatic heterocycles. The van der Waals surface area contributed by atoms with Crippen LogP contribution in [-0.4, -0.2) is 36.3 Å². The maximum Gasteiger partial charge on any atom is 0.390 e. The molecule has 2 aromatic heterocycles. The van der Waals surface area contributed by atoms with E-state index in [0.29, 0.717) is 10.7 Å². The molecule has 0 atom stereocenters. The van der Waals surface area contributed by atoms with Crippen molar-refractivity contribution in [1.29, 1.82) is 0 Å². The predicted molar refractivity (Wildman–Crippen MR) is 129 cm³/mol. The van der Waals surface area contributed by atoms with E-state index in [1.54, 1.807) is 16.7 Å². The molecule has 1 amide bonds. The van der Waals surface area contributed by atoms with Gasteiger partial charge in [0.15, 0.2) is 0 Å². The first-order valence-electron chi connectivity index (χ1n) is 10.1. The van der Waals surface area contributed by atoms with E-state index in [1.807, 2.05) is 43.5 Å². The number of H-pyrrole nitrogens is 1. The topological polar surface area (TPSA) is 102 Å². The molecule has 0 fully saturated rings. The standard InChI is InChI=1S/C24H21N5O3S/c1-28(2)18-9-7-16(8-10-18)17-11-13-29(14-12-17)22-21(33-24(32)26-22)15-25-27-23(31)19-5-3-4-6-20(19)30/h3-15H,1-2H3,(H2-,25,26,27,30,31,32)/p+1. The summed E-state index contributed by atoms with van der Waals surface area (Å²) in [5.41, 5.74) is 5.73. The molecule has 0 saturated carbocycles. The maximum absolute atomic E-state index is 12.2. The number of nitrogens with one attached hydrogen (secondary N) is 2. The van der Waals surface area contributed by atoms with Crippen LogP contribution in [0.4, 0.5) is 5.69 Å². The lowest BCUT2D eigenvalue weighted by Gasteiger charge is -2.12. The number of para-hydroxylation sites is 1. The Morgan fingerprint density at radius 3 is 2.39 bits per heavy atom. The van der Waals surface area contributed by atoms with Gasteiger partial charge in [0.1, 0.15) is 10.6 Å². The first-order valence-corrected chi connectivity index (χ1v) is 10.9. The third-order valence-electron chi connectivity index (χ3n) is 4.96. The highest BCUT2D eigenvalue weighted by molar-refractivity contribution is 7.11. The summed E-state index contributed by atoms with van der Waals surface area (Å²) in [6.45, 7) is 0. The van der Waals surface area contributed by atoms with Crippen molar-refractivity contribution in [2.75, 3.05) is 19.0 Å². The minimum atomic E-state index is -0.550. The van der Waals surface area contributed by atoms with Crippen molar-refractivity contribution in [3.8, 4) is 22.7 Å².